The van der Waals surface area contributed by atoms with Gasteiger partial charge in [-0.2, -0.15) is 0 Å². The summed E-state index contributed by atoms with van der Waals surface area (Å²) < 4.78 is 5.79. The predicted molar refractivity (Wildman–Crippen MR) is 158 cm³/mol. The van der Waals surface area contributed by atoms with E-state index in [9.17, 15) is 24.3 Å². The second-order valence-electron chi connectivity index (χ2n) is 10.2. The van der Waals surface area contributed by atoms with Crippen LogP contribution in [0, 0.1) is 6.92 Å². The molecule has 0 saturated carbocycles. The molecule has 0 saturated heterocycles. The number of nitrogens with one attached hydrogen (secondary N) is 3. The minimum atomic E-state index is -1.23. The quantitative estimate of drug-likeness (QED) is 0.377. The Morgan fingerprint density at radius 2 is 1.64 bits per heavy atom. The summed E-state index contributed by atoms with van der Waals surface area (Å²) in [6.45, 7) is 3.43. The first-order chi connectivity index (χ1) is 20.2. The normalized spacial score (nSPS) is 17.6. The van der Waals surface area contributed by atoms with E-state index in [0.29, 0.717) is 5.75 Å². The van der Waals surface area contributed by atoms with E-state index in [-0.39, 0.29) is 56.6 Å². The van der Waals surface area contributed by atoms with Crippen LogP contribution in [0.25, 0.3) is 11.1 Å². The highest BCUT2D eigenvalue weighted by atomic mass is 16.5. The molecule has 0 aromatic heterocycles. The number of carbonyl (C=O) groups excluding carboxylic acids is 4. The van der Waals surface area contributed by atoms with Crippen LogP contribution in [0.15, 0.2) is 72.8 Å². The molecular weight excluding hydrogens is 536 g/mol. The maximum Gasteiger partial charge on any atom is 0.252 e. The Bertz CT molecular complexity index is 1410. The van der Waals surface area contributed by atoms with Crippen LogP contribution in [0.3, 0.4) is 0 Å². The van der Waals surface area contributed by atoms with Crippen LogP contribution in [0.4, 0.5) is 0 Å². The third kappa shape index (κ3) is 8.17. The summed E-state index contributed by atoms with van der Waals surface area (Å²) in [6.07, 6.45) is -1.11. The van der Waals surface area contributed by atoms with Crippen molar-refractivity contribution in [1.29, 1.82) is 0 Å². The topological polar surface area (TPSA) is 137 Å². The first kappa shape index (κ1) is 30.3. The number of fused-ring (bicyclic) bond motifs is 2. The van der Waals surface area contributed by atoms with Crippen molar-refractivity contribution in [3.63, 3.8) is 0 Å². The van der Waals surface area contributed by atoms with Gasteiger partial charge in [-0.1, -0.05) is 60.7 Å². The van der Waals surface area contributed by atoms with Crippen molar-refractivity contribution in [2.45, 2.75) is 32.4 Å². The van der Waals surface area contributed by atoms with Gasteiger partial charge in [0.15, 0.2) is 0 Å². The smallest absolute Gasteiger partial charge is 0.252 e. The van der Waals surface area contributed by atoms with Gasteiger partial charge >= 0.3 is 0 Å². The molecule has 1 heterocycles. The largest absolute Gasteiger partial charge is 0.491 e. The molecule has 3 aromatic rings. The van der Waals surface area contributed by atoms with Gasteiger partial charge < -0.3 is 30.7 Å². The van der Waals surface area contributed by atoms with E-state index in [1.165, 1.54) is 11.8 Å². The van der Waals surface area contributed by atoms with Crippen LogP contribution in [0.2, 0.25) is 0 Å². The minimum Gasteiger partial charge on any atom is -0.491 e. The van der Waals surface area contributed by atoms with Crippen LogP contribution >= 0.6 is 0 Å². The van der Waals surface area contributed by atoms with Gasteiger partial charge in [0.05, 0.1) is 25.6 Å². The number of benzene rings is 3. The van der Waals surface area contributed by atoms with E-state index in [1.807, 2.05) is 61.5 Å². The van der Waals surface area contributed by atoms with Crippen LogP contribution in [0.5, 0.6) is 5.75 Å². The highest BCUT2D eigenvalue weighted by molar-refractivity contribution is 5.98. The molecule has 3 aromatic carbocycles. The first-order valence-electron chi connectivity index (χ1n) is 13.9. The highest BCUT2D eigenvalue weighted by Gasteiger charge is 2.27. The second kappa shape index (κ2) is 14.3. The standard InChI is InChI=1S/C32H36N4O6/c1-21-8-11-26-19-27(21)42-17-15-33-28(38)20-36(16-14-34-32(41)30(22(2)37)35-31(26)40)29(39)18-23-9-12-25(13-10-23)24-6-4-3-5-7-24/h3-13,19,22,30,37H,14-18,20H2,1-2H3,(H,33,38)(H,34,41)(H,35,40)/t22-,30+/m1/s1. The summed E-state index contributed by atoms with van der Waals surface area (Å²) in [5, 5.41) is 18.2. The number of hydrogen-bond donors (Lipinski definition) is 4. The molecule has 10 nitrogen and oxygen atoms in total. The molecule has 4 rings (SSSR count). The number of ether oxygens (including phenoxy) is 1. The minimum absolute atomic E-state index is 0.0156. The molecule has 4 amide bonds. The van der Waals surface area contributed by atoms with Crippen molar-refractivity contribution in [2.24, 2.45) is 0 Å². The van der Waals surface area contributed by atoms with Crippen LogP contribution in [-0.4, -0.2) is 78.6 Å². The molecule has 2 bridgehead atoms. The van der Waals surface area contributed by atoms with Gasteiger partial charge in [0.25, 0.3) is 5.91 Å². The summed E-state index contributed by atoms with van der Waals surface area (Å²) in [7, 11) is 0. The Kier molecular flexibility index (Phi) is 10.3. The van der Waals surface area contributed by atoms with Crippen molar-refractivity contribution < 1.29 is 29.0 Å². The number of aliphatic hydroxyl groups is 1. The van der Waals surface area contributed by atoms with Gasteiger partial charge in [-0.3, -0.25) is 19.2 Å². The zero-order valence-corrected chi connectivity index (χ0v) is 23.8. The molecule has 220 valence electrons. The molecule has 1 aliphatic heterocycles. The van der Waals surface area contributed by atoms with Gasteiger partial charge in [-0.25, -0.2) is 0 Å². The van der Waals surface area contributed by atoms with Crippen molar-refractivity contribution in [1.82, 2.24) is 20.9 Å². The average Bonchev–Trinajstić information content (AvgIpc) is 2.98. The molecule has 0 fully saturated rings. The van der Waals surface area contributed by atoms with E-state index in [1.54, 1.807) is 18.2 Å². The molecule has 1 aliphatic rings. The van der Waals surface area contributed by atoms with Crippen molar-refractivity contribution >= 4 is 23.6 Å². The van der Waals surface area contributed by atoms with Gasteiger partial charge in [-0.15, -0.1) is 0 Å². The summed E-state index contributed by atoms with van der Waals surface area (Å²) in [4.78, 5) is 53.2. The Labute approximate surface area is 245 Å². The lowest BCUT2D eigenvalue weighted by Gasteiger charge is -2.24. The van der Waals surface area contributed by atoms with E-state index >= 15 is 0 Å². The molecule has 0 radical (unpaired) electrons. The van der Waals surface area contributed by atoms with Gasteiger partial charge in [0.2, 0.25) is 17.7 Å². The molecular formula is C32H36N4O6. The summed E-state index contributed by atoms with van der Waals surface area (Å²) in [6, 6.07) is 21.2. The maximum atomic E-state index is 13.3. The monoisotopic (exact) mass is 572 g/mol. The fourth-order valence-electron chi connectivity index (χ4n) is 4.56. The van der Waals surface area contributed by atoms with E-state index in [2.05, 4.69) is 16.0 Å². The number of aliphatic hydroxyl groups excluding tert-OH is 1. The lowest BCUT2D eigenvalue weighted by molar-refractivity contribution is -0.135. The van der Waals surface area contributed by atoms with Crippen molar-refractivity contribution in [3.8, 4) is 16.9 Å². The summed E-state index contributed by atoms with van der Waals surface area (Å²) in [5.41, 5.74) is 3.93. The summed E-state index contributed by atoms with van der Waals surface area (Å²) >= 11 is 0. The lowest BCUT2D eigenvalue weighted by atomic mass is 10.0. The SMILES string of the molecule is Cc1ccc2cc1OCCNC(=O)CN(C(=O)Cc1ccc(-c3ccccc3)cc1)CCNC(=O)[C@H]([C@@H](C)O)NC2=O. The fraction of sp³-hybridized carbons (Fsp3) is 0.312. The zero-order valence-electron chi connectivity index (χ0n) is 23.8. The number of hydrogen-bond acceptors (Lipinski definition) is 6. The molecule has 42 heavy (non-hydrogen) atoms. The van der Waals surface area contributed by atoms with Gasteiger partial charge in [0, 0.05) is 18.7 Å². The van der Waals surface area contributed by atoms with Crippen molar-refractivity contribution in [3.05, 3.63) is 89.5 Å². The molecule has 0 spiro atoms. The highest BCUT2D eigenvalue weighted by Crippen LogP contribution is 2.21. The third-order valence-electron chi connectivity index (χ3n) is 6.97. The Hall–Kier alpha value is -4.70. The first-order valence-corrected chi connectivity index (χ1v) is 13.9. The Morgan fingerprint density at radius 1 is 0.952 bits per heavy atom. The lowest BCUT2D eigenvalue weighted by Crippen LogP contribution is -2.53. The van der Waals surface area contributed by atoms with Crippen LogP contribution in [0.1, 0.15) is 28.4 Å². The predicted octanol–water partition coefficient (Wildman–Crippen LogP) is 1.84. The number of carbonyl (C=O) groups is 4. The van der Waals surface area contributed by atoms with E-state index < -0.39 is 24.0 Å². The number of nitrogens with zero attached hydrogens (tertiary/aromatic N) is 1. The summed E-state index contributed by atoms with van der Waals surface area (Å²) in [5.74, 6) is -1.36. The van der Waals surface area contributed by atoms with Crippen LogP contribution in [-0.2, 0) is 20.8 Å². The number of rotatable bonds is 4. The van der Waals surface area contributed by atoms with Crippen molar-refractivity contribution in [2.75, 3.05) is 32.8 Å². The van der Waals surface area contributed by atoms with Gasteiger partial charge in [-0.05, 0) is 48.2 Å². The molecule has 10 heteroatoms. The van der Waals surface area contributed by atoms with E-state index in [0.717, 1.165) is 22.3 Å². The molecule has 0 unspecified atom stereocenters. The Balaban J connectivity index is 1.48. The third-order valence-corrected chi connectivity index (χ3v) is 6.97. The number of amides is 4. The maximum absolute atomic E-state index is 13.3. The second-order valence-corrected chi connectivity index (χ2v) is 10.2. The average molecular weight is 573 g/mol. The Morgan fingerprint density at radius 3 is 2.36 bits per heavy atom. The fourth-order valence-corrected chi connectivity index (χ4v) is 4.56. The van der Waals surface area contributed by atoms with E-state index in [4.69, 9.17) is 4.74 Å². The molecule has 2 atom stereocenters. The molecule has 0 aliphatic carbocycles. The van der Waals surface area contributed by atoms with Crippen LogP contribution < -0.4 is 20.7 Å². The van der Waals surface area contributed by atoms with Gasteiger partial charge in [0.1, 0.15) is 18.4 Å². The molecule has 4 N–H and O–H groups in total. The number of aryl methyl sites for hydroxylation is 1. The zero-order chi connectivity index (χ0) is 30.1.